The second kappa shape index (κ2) is 4.14. The van der Waals surface area contributed by atoms with E-state index in [0.29, 0.717) is 6.04 Å². The standard InChI is InChI=1S/C12H15N3O/c1-2-10(13-5-1)8-16-11-4-3-9-7-14-15-12(9)6-11/h3-4,6-7,10,13H,1-2,5,8H2,(H,14,15). The van der Waals surface area contributed by atoms with Gasteiger partial charge in [-0.05, 0) is 31.5 Å². The zero-order chi connectivity index (χ0) is 10.8. The summed E-state index contributed by atoms with van der Waals surface area (Å²) in [5.74, 6) is 0.908. The molecule has 16 heavy (non-hydrogen) atoms. The van der Waals surface area contributed by atoms with Gasteiger partial charge in [-0.25, -0.2) is 0 Å². The van der Waals surface area contributed by atoms with Crippen molar-refractivity contribution in [1.29, 1.82) is 0 Å². The second-order valence-electron chi connectivity index (χ2n) is 4.22. The molecule has 1 saturated heterocycles. The summed E-state index contributed by atoms with van der Waals surface area (Å²) in [6.07, 6.45) is 4.29. The Bertz CT molecular complexity index is 474. The summed E-state index contributed by atoms with van der Waals surface area (Å²) >= 11 is 0. The molecule has 4 heteroatoms. The molecular formula is C12H15N3O. The molecule has 2 aromatic rings. The number of rotatable bonds is 3. The van der Waals surface area contributed by atoms with Crippen molar-refractivity contribution in [3.05, 3.63) is 24.4 Å². The van der Waals surface area contributed by atoms with Crippen molar-refractivity contribution >= 4 is 10.9 Å². The first kappa shape index (κ1) is 9.66. The lowest BCUT2D eigenvalue weighted by molar-refractivity contribution is 0.277. The molecule has 1 aromatic heterocycles. The number of aromatic nitrogens is 2. The lowest BCUT2D eigenvalue weighted by Gasteiger charge is -2.11. The van der Waals surface area contributed by atoms with Crippen molar-refractivity contribution < 1.29 is 4.74 Å². The minimum Gasteiger partial charge on any atom is -0.492 e. The van der Waals surface area contributed by atoms with E-state index in [0.717, 1.165) is 29.8 Å². The molecule has 4 nitrogen and oxygen atoms in total. The first-order valence-electron chi connectivity index (χ1n) is 5.71. The molecule has 0 amide bonds. The van der Waals surface area contributed by atoms with Crippen molar-refractivity contribution in [3.8, 4) is 5.75 Å². The van der Waals surface area contributed by atoms with Crippen LogP contribution in [0.15, 0.2) is 24.4 Å². The molecule has 1 aliphatic rings. The molecule has 0 spiro atoms. The van der Waals surface area contributed by atoms with Crippen molar-refractivity contribution in [2.75, 3.05) is 13.2 Å². The highest BCUT2D eigenvalue weighted by Gasteiger charge is 2.14. The van der Waals surface area contributed by atoms with E-state index >= 15 is 0 Å². The minimum absolute atomic E-state index is 0.512. The van der Waals surface area contributed by atoms with E-state index in [1.807, 2.05) is 24.4 Å². The molecule has 1 fully saturated rings. The van der Waals surface area contributed by atoms with E-state index in [-0.39, 0.29) is 0 Å². The van der Waals surface area contributed by atoms with Crippen LogP contribution in [-0.2, 0) is 0 Å². The maximum atomic E-state index is 5.76. The normalized spacial score (nSPS) is 20.4. The minimum atomic E-state index is 0.512. The highest BCUT2D eigenvalue weighted by Crippen LogP contribution is 2.19. The zero-order valence-corrected chi connectivity index (χ0v) is 9.07. The summed E-state index contributed by atoms with van der Waals surface area (Å²) in [6.45, 7) is 1.87. The van der Waals surface area contributed by atoms with Crippen LogP contribution in [0.1, 0.15) is 12.8 Å². The number of nitrogens with one attached hydrogen (secondary N) is 2. The average molecular weight is 217 g/mol. The zero-order valence-electron chi connectivity index (χ0n) is 9.07. The van der Waals surface area contributed by atoms with Crippen molar-refractivity contribution in [3.63, 3.8) is 0 Å². The van der Waals surface area contributed by atoms with E-state index in [1.54, 1.807) is 0 Å². The highest BCUT2D eigenvalue weighted by atomic mass is 16.5. The number of hydrogen-bond donors (Lipinski definition) is 2. The summed E-state index contributed by atoms with van der Waals surface area (Å²) in [5, 5.41) is 11.5. The van der Waals surface area contributed by atoms with Gasteiger partial charge in [0, 0.05) is 17.5 Å². The molecule has 1 atom stereocenters. The van der Waals surface area contributed by atoms with E-state index < -0.39 is 0 Å². The fourth-order valence-electron chi connectivity index (χ4n) is 2.10. The number of benzene rings is 1. The highest BCUT2D eigenvalue weighted by molar-refractivity contribution is 5.79. The number of hydrogen-bond acceptors (Lipinski definition) is 3. The van der Waals surface area contributed by atoms with Crippen LogP contribution >= 0.6 is 0 Å². The Morgan fingerprint density at radius 2 is 2.44 bits per heavy atom. The Balaban J connectivity index is 1.68. The smallest absolute Gasteiger partial charge is 0.121 e. The van der Waals surface area contributed by atoms with Crippen LogP contribution in [0, 0.1) is 0 Å². The van der Waals surface area contributed by atoms with Crippen LogP contribution in [0.4, 0.5) is 0 Å². The first-order chi connectivity index (χ1) is 7.92. The van der Waals surface area contributed by atoms with Crippen LogP contribution in [0.3, 0.4) is 0 Å². The fraction of sp³-hybridized carbons (Fsp3) is 0.417. The largest absolute Gasteiger partial charge is 0.492 e. The summed E-state index contributed by atoms with van der Waals surface area (Å²) in [4.78, 5) is 0. The number of aromatic amines is 1. The molecule has 2 heterocycles. The predicted molar refractivity (Wildman–Crippen MR) is 62.6 cm³/mol. The third-order valence-electron chi connectivity index (χ3n) is 3.03. The molecule has 3 rings (SSSR count). The van der Waals surface area contributed by atoms with Gasteiger partial charge in [-0.15, -0.1) is 0 Å². The Kier molecular flexibility index (Phi) is 2.50. The van der Waals surface area contributed by atoms with Gasteiger partial charge in [0.2, 0.25) is 0 Å². The lowest BCUT2D eigenvalue weighted by atomic mass is 10.2. The molecular weight excluding hydrogens is 202 g/mol. The van der Waals surface area contributed by atoms with Gasteiger partial charge >= 0.3 is 0 Å². The quantitative estimate of drug-likeness (QED) is 0.822. The third-order valence-corrected chi connectivity index (χ3v) is 3.03. The number of fused-ring (bicyclic) bond motifs is 1. The van der Waals surface area contributed by atoms with Gasteiger partial charge in [0.1, 0.15) is 12.4 Å². The summed E-state index contributed by atoms with van der Waals surface area (Å²) in [7, 11) is 0. The molecule has 84 valence electrons. The van der Waals surface area contributed by atoms with E-state index in [4.69, 9.17) is 4.74 Å². The van der Waals surface area contributed by atoms with Gasteiger partial charge in [-0.2, -0.15) is 5.10 Å². The first-order valence-corrected chi connectivity index (χ1v) is 5.71. The van der Waals surface area contributed by atoms with Crippen LogP contribution in [-0.4, -0.2) is 29.4 Å². The molecule has 1 aromatic carbocycles. The van der Waals surface area contributed by atoms with E-state index in [2.05, 4.69) is 15.5 Å². The van der Waals surface area contributed by atoms with Gasteiger partial charge in [0.25, 0.3) is 0 Å². The maximum absolute atomic E-state index is 5.76. The molecule has 0 saturated carbocycles. The fourth-order valence-corrected chi connectivity index (χ4v) is 2.10. The second-order valence-corrected chi connectivity index (χ2v) is 4.22. The van der Waals surface area contributed by atoms with Gasteiger partial charge in [0.05, 0.1) is 11.7 Å². The van der Waals surface area contributed by atoms with Crippen LogP contribution in [0.25, 0.3) is 10.9 Å². The van der Waals surface area contributed by atoms with Crippen molar-refractivity contribution in [2.24, 2.45) is 0 Å². The molecule has 1 aliphatic heterocycles. The van der Waals surface area contributed by atoms with Gasteiger partial charge < -0.3 is 10.1 Å². The Morgan fingerprint density at radius 3 is 3.31 bits per heavy atom. The monoisotopic (exact) mass is 217 g/mol. The molecule has 1 unspecified atom stereocenters. The molecule has 0 bridgehead atoms. The van der Waals surface area contributed by atoms with Crippen LogP contribution in [0.2, 0.25) is 0 Å². The van der Waals surface area contributed by atoms with Crippen molar-refractivity contribution in [1.82, 2.24) is 15.5 Å². The molecule has 0 radical (unpaired) electrons. The van der Waals surface area contributed by atoms with Gasteiger partial charge in [0.15, 0.2) is 0 Å². The molecule has 0 aliphatic carbocycles. The Morgan fingerprint density at radius 1 is 1.44 bits per heavy atom. The summed E-state index contributed by atoms with van der Waals surface area (Å²) in [6, 6.07) is 6.53. The number of ether oxygens (including phenoxy) is 1. The SMILES string of the molecule is c1cc2cn[nH]c2cc1OCC1CCCN1. The topological polar surface area (TPSA) is 49.9 Å². The van der Waals surface area contributed by atoms with E-state index in [1.165, 1.54) is 12.8 Å². The van der Waals surface area contributed by atoms with Gasteiger partial charge in [-0.3, -0.25) is 5.10 Å². The lowest BCUT2D eigenvalue weighted by Crippen LogP contribution is -2.28. The summed E-state index contributed by atoms with van der Waals surface area (Å²) < 4.78 is 5.76. The Labute approximate surface area is 94.0 Å². The Hall–Kier alpha value is -1.55. The number of nitrogens with zero attached hydrogens (tertiary/aromatic N) is 1. The van der Waals surface area contributed by atoms with E-state index in [9.17, 15) is 0 Å². The van der Waals surface area contributed by atoms with Crippen molar-refractivity contribution in [2.45, 2.75) is 18.9 Å². The number of H-pyrrole nitrogens is 1. The third kappa shape index (κ3) is 1.88. The predicted octanol–water partition coefficient (Wildman–Crippen LogP) is 1.69. The van der Waals surface area contributed by atoms with Crippen LogP contribution < -0.4 is 10.1 Å². The van der Waals surface area contributed by atoms with Gasteiger partial charge in [-0.1, -0.05) is 0 Å². The maximum Gasteiger partial charge on any atom is 0.121 e. The summed E-state index contributed by atoms with van der Waals surface area (Å²) in [5.41, 5.74) is 1.02. The average Bonchev–Trinajstić information content (AvgIpc) is 2.97. The van der Waals surface area contributed by atoms with Crippen LogP contribution in [0.5, 0.6) is 5.75 Å². The molecule has 2 N–H and O–H groups in total.